The van der Waals surface area contributed by atoms with Gasteiger partial charge in [0.1, 0.15) is 5.75 Å². The number of aromatic nitrogens is 2. The molecule has 0 saturated heterocycles. The standard InChI is InChI=1S/C17H15ClN4O2/c1-10-7-8-13-12(9-10)15(20-17(18)19-13)21-22-16(23)11-5-3-4-6-14(11)24-2/h3-9H,1-2H3,(H,22,23)(H,19,20,21). The minimum atomic E-state index is -0.344. The Morgan fingerprint density at radius 2 is 1.96 bits per heavy atom. The van der Waals surface area contributed by atoms with Crippen LogP contribution in [0.25, 0.3) is 10.9 Å². The lowest BCUT2D eigenvalue weighted by molar-refractivity contribution is 0.0959. The third-order valence-corrected chi connectivity index (χ3v) is 3.64. The highest BCUT2D eigenvalue weighted by Gasteiger charge is 2.13. The van der Waals surface area contributed by atoms with Crippen LogP contribution in [0.4, 0.5) is 5.82 Å². The Labute approximate surface area is 143 Å². The summed E-state index contributed by atoms with van der Waals surface area (Å²) in [5.74, 6) is 0.568. The van der Waals surface area contributed by atoms with E-state index >= 15 is 0 Å². The number of carbonyl (C=O) groups excluding carboxylic acids is 1. The van der Waals surface area contributed by atoms with Gasteiger partial charge in [0.05, 0.1) is 18.2 Å². The molecule has 2 aromatic carbocycles. The van der Waals surface area contributed by atoms with Crippen LogP contribution in [0.1, 0.15) is 15.9 Å². The lowest BCUT2D eigenvalue weighted by atomic mass is 10.1. The van der Waals surface area contributed by atoms with Crippen LogP contribution in [0.3, 0.4) is 0 Å². The number of carbonyl (C=O) groups is 1. The van der Waals surface area contributed by atoms with Gasteiger partial charge < -0.3 is 4.74 Å². The maximum Gasteiger partial charge on any atom is 0.273 e. The van der Waals surface area contributed by atoms with Crippen LogP contribution in [0.2, 0.25) is 5.28 Å². The first-order valence-electron chi connectivity index (χ1n) is 7.22. The summed E-state index contributed by atoms with van der Waals surface area (Å²) < 4.78 is 5.19. The molecule has 1 heterocycles. The summed E-state index contributed by atoms with van der Waals surface area (Å²) in [6.45, 7) is 1.96. The van der Waals surface area contributed by atoms with Crippen molar-refractivity contribution in [3.8, 4) is 5.75 Å². The van der Waals surface area contributed by atoms with Gasteiger partial charge in [0.15, 0.2) is 5.82 Å². The van der Waals surface area contributed by atoms with E-state index in [0.29, 0.717) is 22.6 Å². The fourth-order valence-corrected chi connectivity index (χ4v) is 2.50. The summed E-state index contributed by atoms with van der Waals surface area (Å²) in [5, 5.41) is 0.861. The number of fused-ring (bicyclic) bond motifs is 1. The molecule has 6 nitrogen and oxygen atoms in total. The van der Waals surface area contributed by atoms with Crippen molar-refractivity contribution in [1.82, 2.24) is 15.4 Å². The molecule has 1 amide bonds. The third kappa shape index (κ3) is 3.23. The highest BCUT2D eigenvalue weighted by molar-refractivity contribution is 6.28. The van der Waals surface area contributed by atoms with Gasteiger partial charge in [-0.15, -0.1) is 0 Å². The molecule has 0 atom stereocenters. The maximum atomic E-state index is 12.4. The second kappa shape index (κ2) is 6.72. The molecule has 0 radical (unpaired) electrons. The number of rotatable bonds is 4. The van der Waals surface area contributed by atoms with Crippen molar-refractivity contribution in [2.24, 2.45) is 0 Å². The topological polar surface area (TPSA) is 76.1 Å². The largest absolute Gasteiger partial charge is 0.496 e. The Morgan fingerprint density at radius 3 is 2.75 bits per heavy atom. The first-order valence-corrected chi connectivity index (χ1v) is 7.59. The van der Waals surface area contributed by atoms with Crippen molar-refractivity contribution >= 4 is 34.2 Å². The number of benzene rings is 2. The summed E-state index contributed by atoms with van der Waals surface area (Å²) >= 11 is 5.95. The molecule has 0 unspecified atom stereocenters. The van der Waals surface area contributed by atoms with Gasteiger partial charge in [0, 0.05) is 5.39 Å². The number of methoxy groups -OCH3 is 1. The molecule has 0 aliphatic rings. The second-order valence-electron chi connectivity index (χ2n) is 5.14. The average Bonchev–Trinajstić information content (AvgIpc) is 2.59. The number of nitrogens with zero attached hydrogens (tertiary/aromatic N) is 2. The average molecular weight is 343 g/mol. The van der Waals surface area contributed by atoms with E-state index < -0.39 is 0 Å². The molecule has 0 fully saturated rings. The molecule has 3 rings (SSSR count). The van der Waals surface area contributed by atoms with Crippen molar-refractivity contribution in [2.75, 3.05) is 12.5 Å². The quantitative estimate of drug-likeness (QED) is 0.561. The van der Waals surface area contributed by atoms with Crippen LogP contribution in [0, 0.1) is 6.92 Å². The van der Waals surface area contributed by atoms with Crippen LogP contribution < -0.4 is 15.6 Å². The molecule has 0 saturated carbocycles. The number of amides is 1. The third-order valence-electron chi connectivity index (χ3n) is 3.47. The maximum absolute atomic E-state index is 12.4. The number of hydrazine groups is 1. The first-order chi connectivity index (χ1) is 11.6. The van der Waals surface area contributed by atoms with Crippen LogP contribution in [-0.4, -0.2) is 23.0 Å². The predicted octanol–water partition coefficient (Wildman–Crippen LogP) is 3.36. The van der Waals surface area contributed by atoms with Crippen LogP contribution in [0.15, 0.2) is 42.5 Å². The lowest BCUT2D eigenvalue weighted by Crippen LogP contribution is -2.30. The summed E-state index contributed by atoms with van der Waals surface area (Å²) in [5.41, 5.74) is 7.57. The van der Waals surface area contributed by atoms with Crippen LogP contribution >= 0.6 is 11.6 Å². The fraction of sp³-hybridized carbons (Fsp3) is 0.118. The van der Waals surface area contributed by atoms with Gasteiger partial charge in [-0.1, -0.05) is 23.8 Å². The highest BCUT2D eigenvalue weighted by Crippen LogP contribution is 2.23. The zero-order valence-corrected chi connectivity index (χ0v) is 13.9. The Balaban J connectivity index is 1.88. The lowest BCUT2D eigenvalue weighted by Gasteiger charge is -2.12. The smallest absolute Gasteiger partial charge is 0.273 e. The Kier molecular flexibility index (Phi) is 4.48. The van der Waals surface area contributed by atoms with E-state index in [1.54, 1.807) is 24.3 Å². The summed E-state index contributed by atoms with van der Waals surface area (Å²) in [7, 11) is 1.51. The normalized spacial score (nSPS) is 10.5. The van der Waals surface area contributed by atoms with Crippen molar-refractivity contribution in [1.29, 1.82) is 0 Å². The van der Waals surface area contributed by atoms with Gasteiger partial charge in [0.25, 0.3) is 5.91 Å². The van der Waals surface area contributed by atoms with Crippen molar-refractivity contribution in [3.63, 3.8) is 0 Å². The minimum absolute atomic E-state index is 0.0976. The van der Waals surface area contributed by atoms with E-state index in [-0.39, 0.29) is 11.2 Å². The molecule has 122 valence electrons. The molecule has 0 aliphatic carbocycles. The molecule has 0 aliphatic heterocycles. The van der Waals surface area contributed by atoms with Crippen LogP contribution in [-0.2, 0) is 0 Å². The van der Waals surface area contributed by atoms with Gasteiger partial charge >= 0.3 is 0 Å². The van der Waals surface area contributed by atoms with Crippen molar-refractivity contribution in [3.05, 3.63) is 58.9 Å². The minimum Gasteiger partial charge on any atom is -0.496 e. The number of anilines is 1. The summed E-state index contributed by atoms with van der Waals surface area (Å²) in [6.07, 6.45) is 0. The zero-order valence-electron chi connectivity index (χ0n) is 13.1. The van der Waals surface area contributed by atoms with E-state index in [2.05, 4.69) is 20.8 Å². The SMILES string of the molecule is COc1ccccc1C(=O)NNc1nc(Cl)nc2ccc(C)cc12. The Bertz CT molecular complexity index is 914. The molecule has 7 heteroatoms. The molecular formula is C17H15ClN4O2. The predicted molar refractivity (Wildman–Crippen MR) is 93.4 cm³/mol. The van der Waals surface area contributed by atoms with Crippen molar-refractivity contribution in [2.45, 2.75) is 6.92 Å². The van der Waals surface area contributed by atoms with Gasteiger partial charge in [-0.25, -0.2) is 4.98 Å². The van der Waals surface area contributed by atoms with E-state index in [1.807, 2.05) is 25.1 Å². The van der Waals surface area contributed by atoms with Gasteiger partial charge in [0.2, 0.25) is 5.28 Å². The Morgan fingerprint density at radius 1 is 1.17 bits per heavy atom. The molecule has 2 N–H and O–H groups in total. The number of hydrogen-bond donors (Lipinski definition) is 2. The second-order valence-corrected chi connectivity index (χ2v) is 5.48. The molecule has 1 aromatic heterocycles. The van der Waals surface area contributed by atoms with Gasteiger partial charge in [-0.2, -0.15) is 4.98 Å². The number of hydrogen-bond acceptors (Lipinski definition) is 5. The molecule has 0 bridgehead atoms. The first kappa shape index (κ1) is 16.0. The van der Waals surface area contributed by atoms with Gasteiger partial charge in [-0.05, 0) is 42.8 Å². The molecular weight excluding hydrogens is 328 g/mol. The molecule has 0 spiro atoms. The fourth-order valence-electron chi connectivity index (χ4n) is 2.32. The summed E-state index contributed by atoms with van der Waals surface area (Å²) in [4.78, 5) is 20.7. The summed E-state index contributed by atoms with van der Waals surface area (Å²) in [6, 6.07) is 12.7. The zero-order chi connectivity index (χ0) is 17.1. The molecule has 24 heavy (non-hydrogen) atoms. The monoisotopic (exact) mass is 342 g/mol. The van der Waals surface area contributed by atoms with Crippen LogP contribution in [0.5, 0.6) is 5.75 Å². The number of aryl methyl sites for hydroxylation is 1. The van der Waals surface area contributed by atoms with E-state index in [9.17, 15) is 4.79 Å². The van der Waals surface area contributed by atoms with E-state index in [0.717, 1.165) is 10.9 Å². The van der Waals surface area contributed by atoms with Gasteiger partial charge in [-0.3, -0.25) is 15.6 Å². The number of ether oxygens (including phenoxy) is 1. The molecule has 3 aromatic rings. The van der Waals surface area contributed by atoms with E-state index in [4.69, 9.17) is 16.3 Å². The number of nitrogens with one attached hydrogen (secondary N) is 2. The number of halogens is 1. The highest BCUT2D eigenvalue weighted by atomic mass is 35.5. The van der Waals surface area contributed by atoms with E-state index in [1.165, 1.54) is 7.11 Å². The Hall–Kier alpha value is -2.86. The number of para-hydroxylation sites is 1. The van der Waals surface area contributed by atoms with Crippen molar-refractivity contribution < 1.29 is 9.53 Å².